The summed E-state index contributed by atoms with van der Waals surface area (Å²) in [7, 11) is 1.21. The molecule has 2 heterocycles. The first-order valence-electron chi connectivity index (χ1n) is 36.2. The van der Waals surface area contributed by atoms with Crippen LogP contribution in [0.2, 0.25) is 0 Å². The van der Waals surface area contributed by atoms with E-state index in [0.29, 0.717) is 81.8 Å². The third kappa shape index (κ3) is 42.7. The first kappa shape index (κ1) is 91.9. The van der Waals surface area contributed by atoms with E-state index in [-0.39, 0.29) is 113 Å². The van der Waals surface area contributed by atoms with Crippen molar-refractivity contribution in [3.63, 3.8) is 0 Å². The summed E-state index contributed by atoms with van der Waals surface area (Å²) < 4.78 is 42.4. The summed E-state index contributed by atoms with van der Waals surface area (Å²) in [4.78, 5) is 162. The van der Waals surface area contributed by atoms with Crippen LogP contribution in [0.5, 0.6) is 0 Å². The Hall–Kier alpha value is -10.3. The van der Waals surface area contributed by atoms with Crippen molar-refractivity contribution in [3.8, 4) is 0 Å². The molecule has 12 amide bonds. The van der Waals surface area contributed by atoms with Crippen LogP contribution in [0.1, 0.15) is 160 Å². The first-order chi connectivity index (χ1) is 50.5. The number of aryl methyl sites for hydroxylation is 2. The van der Waals surface area contributed by atoms with Gasteiger partial charge in [0, 0.05) is 87.3 Å². The Morgan fingerprint density at radius 1 is 0.389 bits per heavy atom. The fourth-order valence-corrected chi connectivity index (χ4v) is 11.8. The van der Waals surface area contributed by atoms with Crippen LogP contribution in [0, 0.1) is 59.2 Å². The fourth-order valence-electron chi connectivity index (χ4n) is 11.8. The Morgan fingerprint density at radius 3 is 0.991 bits per heavy atom. The first-order valence-corrected chi connectivity index (χ1v) is 36.2. The van der Waals surface area contributed by atoms with Gasteiger partial charge in [0.1, 0.15) is 38.6 Å². The van der Waals surface area contributed by atoms with Crippen molar-refractivity contribution >= 4 is 84.1 Å². The molecule has 108 heavy (non-hydrogen) atoms. The SMILES string of the molecule is COC(=O)Nc1ccc(NC(=O)OC(COC(=O)NCCC(C)(C)CC(C)CNC(=O)OC(C)COC(=O)NCCC(C)(C)CC(C)CNC(=O)Nc2nc(C)cc(=O)[nH]2)COC(=O)NCCC(C)(C)CC(C)CNC(=O)OC(C)COC(=O)NCCC(C)(C)CC(C)CNC(=O)Nc2nc(C)cc(=O)[nH]2)cc1. The number of urea groups is 2. The number of alkyl carbamates (subject to hydrolysis) is 6. The van der Waals surface area contributed by atoms with Crippen molar-refractivity contribution < 1.29 is 85.8 Å². The monoisotopic (exact) mass is 1530 g/mol. The van der Waals surface area contributed by atoms with Gasteiger partial charge in [-0.2, -0.15) is 0 Å². The minimum atomic E-state index is -1.27. The fraction of sp³-hybridized carbons (Fsp3) is 0.667. The largest absolute Gasteiger partial charge is 0.453 e. The molecule has 36 heteroatoms. The van der Waals surface area contributed by atoms with Crippen molar-refractivity contribution in [2.75, 3.05) is 107 Å². The number of ether oxygens (including phenoxy) is 8. The molecule has 0 aliphatic heterocycles. The van der Waals surface area contributed by atoms with E-state index in [2.05, 4.69) is 116 Å². The topological polar surface area (TPSA) is 480 Å². The Bertz CT molecular complexity index is 3310. The number of methoxy groups -OCH3 is 1. The molecule has 6 unspecified atom stereocenters. The molecule has 0 aliphatic rings. The van der Waals surface area contributed by atoms with Gasteiger partial charge in [0.15, 0.2) is 6.10 Å². The Labute approximate surface area is 631 Å². The number of rotatable bonds is 43. The maximum absolute atomic E-state index is 13.1. The normalized spacial score (nSPS) is 13.4. The van der Waals surface area contributed by atoms with Gasteiger partial charge in [-0.3, -0.25) is 40.8 Å². The van der Waals surface area contributed by atoms with Crippen molar-refractivity contribution in [3.05, 3.63) is 68.5 Å². The summed E-state index contributed by atoms with van der Waals surface area (Å²) in [5, 5.41) is 32.0. The minimum absolute atomic E-state index is 0.0260. The van der Waals surface area contributed by atoms with Crippen LogP contribution in [0.4, 0.5) is 71.2 Å². The van der Waals surface area contributed by atoms with Crippen LogP contribution >= 0.6 is 0 Å². The Morgan fingerprint density at radius 2 is 0.685 bits per heavy atom. The lowest BCUT2D eigenvalue weighted by Crippen LogP contribution is -2.37. The van der Waals surface area contributed by atoms with Crippen molar-refractivity contribution in [1.29, 1.82) is 0 Å². The predicted octanol–water partition coefficient (Wildman–Crippen LogP) is 10.1. The number of amides is 12. The van der Waals surface area contributed by atoms with Crippen molar-refractivity contribution in [1.82, 2.24) is 62.5 Å². The van der Waals surface area contributed by atoms with Gasteiger partial charge in [-0.15, -0.1) is 0 Å². The summed E-state index contributed by atoms with van der Waals surface area (Å²) >= 11 is 0. The number of carbonyl (C=O) groups excluding carboxylic acids is 10. The summed E-state index contributed by atoms with van der Waals surface area (Å²) in [6.45, 7) is 31.5. The molecular formula is C72H118N16O20. The van der Waals surface area contributed by atoms with E-state index in [4.69, 9.17) is 33.2 Å². The highest BCUT2D eigenvalue weighted by atomic mass is 16.6. The lowest BCUT2D eigenvalue weighted by molar-refractivity contribution is 0.0121. The van der Waals surface area contributed by atoms with Gasteiger partial charge in [-0.05, 0) is 149 Å². The summed E-state index contributed by atoms with van der Waals surface area (Å²) in [5.41, 5.74) is -0.215. The van der Waals surface area contributed by atoms with Crippen LogP contribution in [-0.4, -0.2) is 185 Å². The van der Waals surface area contributed by atoms with Gasteiger partial charge in [0.05, 0.1) is 7.11 Å². The smallest absolute Gasteiger partial charge is 0.412 e. The molecule has 1 aromatic carbocycles. The molecule has 6 atom stereocenters. The molecule has 2 aromatic heterocycles. The molecule has 3 rings (SSSR count). The molecular weight excluding hydrogens is 1410 g/mol. The van der Waals surface area contributed by atoms with Crippen LogP contribution in [0.15, 0.2) is 46.0 Å². The van der Waals surface area contributed by atoms with Gasteiger partial charge in [0.25, 0.3) is 11.1 Å². The quantitative estimate of drug-likeness (QED) is 0.0234. The van der Waals surface area contributed by atoms with E-state index in [1.54, 1.807) is 27.7 Å². The number of hydrogen-bond donors (Lipinski definition) is 14. The average Bonchev–Trinajstić information content (AvgIpc) is 0.901. The Kier molecular flexibility index (Phi) is 39.2. The third-order valence-corrected chi connectivity index (χ3v) is 16.7. The molecule has 0 saturated carbocycles. The van der Waals surface area contributed by atoms with Gasteiger partial charge in [0.2, 0.25) is 11.9 Å². The molecule has 0 bridgehead atoms. The average molecular weight is 1530 g/mol. The van der Waals surface area contributed by atoms with E-state index in [1.165, 1.54) is 43.5 Å². The van der Waals surface area contributed by atoms with Gasteiger partial charge >= 0.3 is 60.8 Å². The van der Waals surface area contributed by atoms with E-state index in [9.17, 15) is 57.5 Å². The number of aromatic nitrogens is 4. The van der Waals surface area contributed by atoms with Gasteiger partial charge in [-0.25, -0.2) is 57.9 Å². The molecule has 14 N–H and O–H groups in total. The number of nitrogens with one attached hydrogen (secondary N) is 14. The second-order valence-corrected chi connectivity index (χ2v) is 30.7. The minimum Gasteiger partial charge on any atom is -0.453 e. The van der Waals surface area contributed by atoms with Crippen molar-refractivity contribution in [2.24, 2.45) is 45.3 Å². The molecule has 0 saturated heterocycles. The zero-order valence-corrected chi connectivity index (χ0v) is 65.7. The number of H-pyrrole nitrogens is 2. The Balaban J connectivity index is 1.35. The number of nitrogens with zero attached hydrogens (tertiary/aromatic N) is 2. The highest BCUT2D eigenvalue weighted by molar-refractivity contribution is 5.88. The van der Waals surface area contributed by atoms with E-state index >= 15 is 0 Å². The van der Waals surface area contributed by atoms with Gasteiger partial charge in [-0.1, -0.05) is 83.1 Å². The van der Waals surface area contributed by atoms with Crippen molar-refractivity contribution in [2.45, 2.75) is 180 Å². The van der Waals surface area contributed by atoms with Gasteiger partial charge < -0.3 is 80.4 Å². The number of benzene rings is 1. The molecule has 0 spiro atoms. The zero-order chi connectivity index (χ0) is 80.8. The number of aromatic amines is 2. The van der Waals surface area contributed by atoms with Crippen LogP contribution in [-0.2, 0) is 37.9 Å². The van der Waals surface area contributed by atoms with Crippen LogP contribution in [0.25, 0.3) is 0 Å². The molecule has 36 nitrogen and oxygen atoms in total. The number of anilines is 4. The number of carbonyl (C=O) groups is 10. The zero-order valence-electron chi connectivity index (χ0n) is 65.7. The van der Waals surface area contributed by atoms with E-state index < -0.39 is 92.3 Å². The molecule has 0 aliphatic carbocycles. The second kappa shape index (κ2) is 46.0. The third-order valence-electron chi connectivity index (χ3n) is 16.7. The number of hydrogen-bond acceptors (Lipinski definition) is 22. The lowest BCUT2D eigenvalue weighted by atomic mass is 9.80. The van der Waals surface area contributed by atoms with Crippen LogP contribution < -0.4 is 74.9 Å². The van der Waals surface area contributed by atoms with Crippen LogP contribution in [0.3, 0.4) is 0 Å². The maximum atomic E-state index is 13.1. The maximum Gasteiger partial charge on any atom is 0.412 e. The molecule has 3 aromatic rings. The molecule has 0 radical (unpaired) electrons. The second-order valence-electron chi connectivity index (χ2n) is 30.7. The molecule has 0 fully saturated rings. The van der Waals surface area contributed by atoms with E-state index in [1.807, 2.05) is 55.4 Å². The summed E-state index contributed by atoms with van der Waals surface area (Å²) in [5.74, 6) is 0.220. The summed E-state index contributed by atoms with van der Waals surface area (Å²) in [6, 6.07) is 7.64. The highest BCUT2D eigenvalue weighted by Gasteiger charge is 2.28. The predicted molar refractivity (Wildman–Crippen MR) is 404 cm³/mol. The van der Waals surface area contributed by atoms with E-state index in [0.717, 1.165) is 12.8 Å². The molecule has 606 valence electrons. The summed E-state index contributed by atoms with van der Waals surface area (Å²) in [6.07, 6.45) is -3.87. The standard InChI is InChI=1S/C72H118N16O20/c1-44(36-77-59(91)87-57-81-48(5)30-55(89)85-57)32-69(9,10)22-26-73-61(93)102-40-50(7)106-65(97)79-38-46(3)34-71(13,14)24-28-75-63(95)104-42-54(108-68(100)84-53-20-18-52(19-21-53)83-67(99)101-17)43-105-64(96)76-29-25-72(15,16)35-47(4)39-80-66(98)107-51(8)41-103-62(94)74-27-23-70(11,12)33-45(2)37-78-60(92)88-58-82-49(6)31-56(90)86-58/h18-21,30-31,44-47,50-51,54H,22-29,32-43H2,1-17H3,(H,73,93)(H,74,94)(H,75,95)(H,76,96)(H,79,97)(H,80,98)(H,83,99)(H,84,100)(H3,77,81,85,87,89,91)(H3,78,82,86,88,90,92). The lowest BCUT2D eigenvalue weighted by Gasteiger charge is -2.28. The highest BCUT2D eigenvalue weighted by Crippen LogP contribution is 2.32.